The molecule has 4 nitrogen and oxygen atoms in total. The molecule has 0 saturated carbocycles. The van der Waals surface area contributed by atoms with Crippen LogP contribution in [0.2, 0.25) is 0 Å². The van der Waals surface area contributed by atoms with Gasteiger partial charge in [0.15, 0.2) is 0 Å². The third-order valence-electron chi connectivity index (χ3n) is 3.09. The fraction of sp³-hybridized carbons (Fsp3) is 0.385. The first kappa shape index (κ1) is 16.3. The van der Waals surface area contributed by atoms with Crippen LogP contribution in [0.4, 0.5) is 8.78 Å². The first-order valence-corrected chi connectivity index (χ1v) is 8.80. The molecule has 0 spiro atoms. The van der Waals surface area contributed by atoms with E-state index in [9.17, 15) is 17.2 Å². The van der Waals surface area contributed by atoms with E-state index in [2.05, 4.69) is 5.32 Å². The first-order chi connectivity index (χ1) is 9.92. The monoisotopic (exact) mass is 334 g/mol. The number of alkyl halides is 2. The molecule has 0 saturated heterocycles. The van der Waals surface area contributed by atoms with Gasteiger partial charge in [-0.05, 0) is 29.3 Å². The van der Waals surface area contributed by atoms with Crippen LogP contribution in [0.1, 0.15) is 18.5 Å². The molecule has 1 aromatic carbocycles. The molecule has 0 aliphatic carbocycles. The number of hydrogen-bond acceptors (Lipinski definition) is 4. The van der Waals surface area contributed by atoms with Gasteiger partial charge in [0.05, 0.1) is 0 Å². The molecule has 8 heteroatoms. The molecule has 1 heterocycles. The Labute approximate surface area is 126 Å². The SMILES string of the molecule is CC(NCCNS(=O)(=O)C(F)F)c1cccc2ccsc12. The molecule has 0 radical (unpaired) electrons. The molecule has 1 atom stereocenters. The van der Waals surface area contributed by atoms with Gasteiger partial charge in [-0.2, -0.15) is 8.78 Å². The topological polar surface area (TPSA) is 58.2 Å². The van der Waals surface area contributed by atoms with Gasteiger partial charge in [-0.1, -0.05) is 18.2 Å². The zero-order valence-electron chi connectivity index (χ0n) is 11.3. The van der Waals surface area contributed by atoms with Crippen molar-refractivity contribution in [3.8, 4) is 0 Å². The number of fused-ring (bicyclic) bond motifs is 1. The smallest absolute Gasteiger partial charge is 0.309 e. The average molecular weight is 334 g/mol. The van der Waals surface area contributed by atoms with Crippen LogP contribution in [0.3, 0.4) is 0 Å². The number of nitrogens with one attached hydrogen (secondary N) is 2. The molecule has 1 unspecified atom stereocenters. The lowest BCUT2D eigenvalue weighted by Gasteiger charge is -2.15. The summed E-state index contributed by atoms with van der Waals surface area (Å²) < 4.78 is 49.1. The van der Waals surface area contributed by atoms with Crippen LogP contribution in [0.25, 0.3) is 10.1 Å². The van der Waals surface area contributed by atoms with E-state index in [1.165, 1.54) is 4.70 Å². The maximum absolute atomic E-state index is 12.1. The fourth-order valence-electron chi connectivity index (χ4n) is 2.01. The van der Waals surface area contributed by atoms with Crippen LogP contribution in [0.15, 0.2) is 29.6 Å². The average Bonchev–Trinajstić information content (AvgIpc) is 2.91. The number of halogens is 2. The van der Waals surface area contributed by atoms with Gasteiger partial charge in [-0.3, -0.25) is 0 Å². The van der Waals surface area contributed by atoms with Gasteiger partial charge >= 0.3 is 5.76 Å². The van der Waals surface area contributed by atoms with Crippen LogP contribution >= 0.6 is 11.3 Å². The predicted octanol–water partition coefficient (Wildman–Crippen LogP) is 2.69. The lowest BCUT2D eigenvalue weighted by atomic mass is 10.1. The maximum Gasteiger partial charge on any atom is 0.350 e. The Bertz CT molecular complexity index is 701. The molecule has 2 rings (SSSR count). The van der Waals surface area contributed by atoms with Crippen molar-refractivity contribution in [1.82, 2.24) is 10.0 Å². The minimum absolute atomic E-state index is 0.00315. The van der Waals surface area contributed by atoms with Crippen molar-refractivity contribution in [2.24, 2.45) is 0 Å². The van der Waals surface area contributed by atoms with E-state index in [-0.39, 0.29) is 19.1 Å². The molecule has 116 valence electrons. The molecule has 0 amide bonds. The van der Waals surface area contributed by atoms with Gasteiger partial charge in [-0.15, -0.1) is 11.3 Å². The normalized spacial score (nSPS) is 13.9. The largest absolute Gasteiger partial charge is 0.350 e. The van der Waals surface area contributed by atoms with E-state index in [0.717, 1.165) is 10.9 Å². The molecule has 2 aromatic rings. The van der Waals surface area contributed by atoms with Crippen LogP contribution < -0.4 is 10.0 Å². The zero-order valence-corrected chi connectivity index (χ0v) is 13.0. The minimum atomic E-state index is -4.51. The molecule has 2 N–H and O–H groups in total. The highest BCUT2D eigenvalue weighted by molar-refractivity contribution is 7.89. The van der Waals surface area contributed by atoms with Crippen LogP contribution in [-0.2, 0) is 10.0 Å². The third-order valence-corrected chi connectivity index (χ3v) is 5.14. The number of sulfonamides is 1. The predicted molar refractivity (Wildman–Crippen MR) is 81.2 cm³/mol. The van der Waals surface area contributed by atoms with E-state index < -0.39 is 15.8 Å². The Morgan fingerprint density at radius 3 is 2.71 bits per heavy atom. The van der Waals surface area contributed by atoms with E-state index in [1.807, 2.05) is 41.3 Å². The highest BCUT2D eigenvalue weighted by Gasteiger charge is 2.22. The Hall–Kier alpha value is -1.09. The zero-order chi connectivity index (χ0) is 15.5. The molecule has 0 aliphatic rings. The second-order valence-electron chi connectivity index (χ2n) is 4.56. The number of thiophene rings is 1. The van der Waals surface area contributed by atoms with Crippen molar-refractivity contribution in [1.29, 1.82) is 0 Å². The molecule has 1 aromatic heterocycles. The Morgan fingerprint density at radius 1 is 1.24 bits per heavy atom. The molecule has 21 heavy (non-hydrogen) atoms. The molecule has 0 fully saturated rings. The molecule has 0 bridgehead atoms. The first-order valence-electron chi connectivity index (χ1n) is 6.38. The van der Waals surface area contributed by atoms with Crippen molar-refractivity contribution in [3.05, 3.63) is 35.2 Å². The van der Waals surface area contributed by atoms with Crippen molar-refractivity contribution >= 4 is 31.4 Å². The summed E-state index contributed by atoms with van der Waals surface area (Å²) in [6.45, 7) is 2.16. The lowest BCUT2D eigenvalue weighted by Crippen LogP contribution is -2.35. The highest BCUT2D eigenvalue weighted by atomic mass is 32.2. The standard InChI is InChI=1S/C13H16F2N2O2S2/c1-9(16-6-7-17-21(18,19)13(14)15)11-4-2-3-10-5-8-20-12(10)11/h2-5,8-9,13,16-17H,6-7H2,1H3. The van der Waals surface area contributed by atoms with Gasteiger partial charge in [-0.25, -0.2) is 13.1 Å². The van der Waals surface area contributed by atoms with Crippen molar-refractivity contribution in [3.63, 3.8) is 0 Å². The lowest BCUT2D eigenvalue weighted by molar-refractivity contribution is 0.232. The summed E-state index contributed by atoms with van der Waals surface area (Å²) in [5, 5.41) is 6.30. The van der Waals surface area contributed by atoms with E-state index in [4.69, 9.17) is 0 Å². The van der Waals surface area contributed by atoms with Crippen molar-refractivity contribution in [2.75, 3.05) is 13.1 Å². The summed E-state index contributed by atoms with van der Waals surface area (Å²) in [6, 6.07) is 8.02. The van der Waals surface area contributed by atoms with E-state index in [1.54, 1.807) is 11.3 Å². The van der Waals surface area contributed by atoms with Crippen LogP contribution in [0.5, 0.6) is 0 Å². The second kappa shape index (κ2) is 6.78. The fourth-order valence-corrected chi connectivity index (χ4v) is 3.53. The Kier molecular flexibility index (Phi) is 5.26. The van der Waals surface area contributed by atoms with E-state index in [0.29, 0.717) is 0 Å². The Morgan fingerprint density at radius 2 is 2.00 bits per heavy atom. The summed E-state index contributed by atoms with van der Waals surface area (Å²) in [7, 11) is -4.51. The summed E-state index contributed by atoms with van der Waals surface area (Å²) in [6.07, 6.45) is 0. The quantitative estimate of drug-likeness (QED) is 0.766. The highest BCUT2D eigenvalue weighted by Crippen LogP contribution is 2.28. The van der Waals surface area contributed by atoms with Crippen LogP contribution in [-0.4, -0.2) is 27.3 Å². The van der Waals surface area contributed by atoms with Crippen molar-refractivity contribution in [2.45, 2.75) is 18.7 Å². The minimum Gasteiger partial charge on any atom is -0.309 e. The summed E-state index contributed by atoms with van der Waals surface area (Å²) in [4.78, 5) is 0. The summed E-state index contributed by atoms with van der Waals surface area (Å²) in [5.41, 5.74) is 1.11. The third kappa shape index (κ3) is 3.97. The van der Waals surface area contributed by atoms with Gasteiger partial charge in [0.2, 0.25) is 0 Å². The van der Waals surface area contributed by atoms with Crippen LogP contribution in [0, 0.1) is 0 Å². The summed E-state index contributed by atoms with van der Waals surface area (Å²) in [5.74, 6) is -3.39. The van der Waals surface area contributed by atoms with Gasteiger partial charge in [0.25, 0.3) is 10.0 Å². The maximum atomic E-state index is 12.1. The molecule has 0 aliphatic heterocycles. The summed E-state index contributed by atoms with van der Waals surface area (Å²) >= 11 is 1.64. The Balaban J connectivity index is 1.91. The number of benzene rings is 1. The number of rotatable bonds is 7. The van der Waals surface area contributed by atoms with Gasteiger partial charge < -0.3 is 5.32 Å². The molecular formula is C13H16F2N2O2S2. The number of hydrogen-bond donors (Lipinski definition) is 2. The second-order valence-corrected chi connectivity index (χ2v) is 7.21. The van der Waals surface area contributed by atoms with Crippen molar-refractivity contribution < 1.29 is 17.2 Å². The van der Waals surface area contributed by atoms with E-state index >= 15 is 0 Å². The van der Waals surface area contributed by atoms with Gasteiger partial charge in [0, 0.05) is 23.8 Å². The van der Waals surface area contributed by atoms with Gasteiger partial charge in [0.1, 0.15) is 0 Å². The molecular weight excluding hydrogens is 318 g/mol.